The van der Waals surface area contributed by atoms with Crippen LogP contribution in [0.4, 0.5) is 0 Å². The highest BCUT2D eigenvalue weighted by Crippen LogP contribution is 2.22. The fourth-order valence-corrected chi connectivity index (χ4v) is 2.43. The van der Waals surface area contributed by atoms with E-state index in [4.69, 9.17) is 4.74 Å². The standard InChI is InChI=1S/C16H26BrNO/c1-3-4-5-6-7-8-11-19-15-9-10-16(17)14(12-15)13-18-2/h9-10,12,18H,3-8,11,13H2,1-2H3. The first-order valence-electron chi connectivity index (χ1n) is 7.33. The first-order valence-corrected chi connectivity index (χ1v) is 8.13. The van der Waals surface area contributed by atoms with Gasteiger partial charge >= 0.3 is 0 Å². The summed E-state index contributed by atoms with van der Waals surface area (Å²) in [5.41, 5.74) is 1.24. The van der Waals surface area contributed by atoms with Crippen LogP contribution in [-0.2, 0) is 6.54 Å². The molecule has 0 heterocycles. The molecule has 2 nitrogen and oxygen atoms in total. The number of nitrogens with one attached hydrogen (secondary N) is 1. The molecule has 0 aliphatic heterocycles. The molecule has 0 radical (unpaired) electrons. The predicted molar refractivity (Wildman–Crippen MR) is 85.8 cm³/mol. The third kappa shape index (κ3) is 6.98. The Morgan fingerprint density at radius 1 is 1.11 bits per heavy atom. The second kappa shape index (κ2) is 10.3. The van der Waals surface area contributed by atoms with Crippen molar-refractivity contribution in [1.29, 1.82) is 0 Å². The quantitative estimate of drug-likeness (QED) is 0.616. The minimum absolute atomic E-state index is 0.826. The smallest absolute Gasteiger partial charge is 0.119 e. The summed E-state index contributed by atoms with van der Waals surface area (Å²) in [5, 5.41) is 3.16. The van der Waals surface area contributed by atoms with Crippen molar-refractivity contribution < 1.29 is 4.74 Å². The second-order valence-electron chi connectivity index (χ2n) is 4.90. The number of halogens is 1. The number of rotatable bonds is 10. The molecular weight excluding hydrogens is 302 g/mol. The molecule has 108 valence electrons. The maximum atomic E-state index is 5.81. The largest absolute Gasteiger partial charge is 0.494 e. The van der Waals surface area contributed by atoms with Gasteiger partial charge < -0.3 is 10.1 Å². The number of ether oxygens (including phenoxy) is 1. The third-order valence-corrected chi connectivity index (χ3v) is 3.92. The normalized spacial score (nSPS) is 10.7. The Balaban J connectivity index is 2.23. The fraction of sp³-hybridized carbons (Fsp3) is 0.625. The van der Waals surface area contributed by atoms with Crippen LogP contribution in [0.2, 0.25) is 0 Å². The van der Waals surface area contributed by atoms with E-state index in [9.17, 15) is 0 Å². The summed E-state index contributed by atoms with van der Waals surface area (Å²) in [5.74, 6) is 0.974. The molecule has 0 atom stereocenters. The van der Waals surface area contributed by atoms with E-state index in [-0.39, 0.29) is 0 Å². The third-order valence-electron chi connectivity index (χ3n) is 3.15. The lowest BCUT2D eigenvalue weighted by molar-refractivity contribution is 0.304. The van der Waals surface area contributed by atoms with E-state index < -0.39 is 0 Å². The molecule has 19 heavy (non-hydrogen) atoms. The molecular formula is C16H26BrNO. The fourth-order valence-electron chi connectivity index (χ4n) is 2.04. The summed E-state index contributed by atoms with van der Waals surface area (Å²) in [6.45, 7) is 3.93. The van der Waals surface area contributed by atoms with Crippen molar-refractivity contribution in [2.24, 2.45) is 0 Å². The van der Waals surface area contributed by atoms with Gasteiger partial charge in [0.15, 0.2) is 0 Å². The molecule has 1 N–H and O–H groups in total. The van der Waals surface area contributed by atoms with Crippen molar-refractivity contribution in [2.45, 2.75) is 52.0 Å². The molecule has 0 unspecified atom stereocenters. The summed E-state index contributed by atoms with van der Waals surface area (Å²) in [4.78, 5) is 0. The minimum atomic E-state index is 0.826. The molecule has 0 saturated heterocycles. The van der Waals surface area contributed by atoms with Crippen LogP contribution in [0.5, 0.6) is 5.75 Å². The van der Waals surface area contributed by atoms with E-state index in [1.54, 1.807) is 0 Å². The van der Waals surface area contributed by atoms with Gasteiger partial charge in [-0.1, -0.05) is 55.0 Å². The molecule has 1 aromatic carbocycles. The molecule has 0 aliphatic rings. The molecule has 1 aromatic rings. The summed E-state index contributed by atoms with van der Waals surface area (Å²) in [6.07, 6.45) is 7.80. The summed E-state index contributed by atoms with van der Waals surface area (Å²) in [7, 11) is 1.95. The molecule has 0 saturated carbocycles. The molecule has 1 rings (SSSR count). The molecule has 0 amide bonds. The number of hydrogen-bond donors (Lipinski definition) is 1. The Morgan fingerprint density at radius 2 is 1.84 bits per heavy atom. The predicted octanol–water partition coefficient (Wildman–Crippen LogP) is 4.91. The van der Waals surface area contributed by atoms with Gasteiger partial charge in [0.25, 0.3) is 0 Å². The zero-order chi connectivity index (χ0) is 13.9. The van der Waals surface area contributed by atoms with Crippen LogP contribution >= 0.6 is 15.9 Å². The van der Waals surface area contributed by atoms with Crippen molar-refractivity contribution in [3.8, 4) is 5.75 Å². The van der Waals surface area contributed by atoms with Gasteiger partial charge in [-0.05, 0) is 37.2 Å². The van der Waals surface area contributed by atoms with E-state index in [2.05, 4.69) is 40.3 Å². The van der Waals surface area contributed by atoms with E-state index >= 15 is 0 Å². The maximum absolute atomic E-state index is 5.81. The Hall–Kier alpha value is -0.540. The van der Waals surface area contributed by atoms with Gasteiger partial charge in [0.05, 0.1) is 6.61 Å². The Morgan fingerprint density at radius 3 is 2.58 bits per heavy atom. The van der Waals surface area contributed by atoms with Crippen molar-refractivity contribution >= 4 is 15.9 Å². The highest BCUT2D eigenvalue weighted by atomic mass is 79.9. The van der Waals surface area contributed by atoms with Crippen molar-refractivity contribution in [3.63, 3.8) is 0 Å². The molecule has 0 fully saturated rings. The van der Waals surface area contributed by atoms with Crippen LogP contribution in [0.25, 0.3) is 0 Å². The topological polar surface area (TPSA) is 21.3 Å². The van der Waals surface area contributed by atoms with Crippen LogP contribution < -0.4 is 10.1 Å². The van der Waals surface area contributed by atoms with Crippen LogP contribution in [-0.4, -0.2) is 13.7 Å². The van der Waals surface area contributed by atoms with Gasteiger partial charge in [-0.15, -0.1) is 0 Å². The first kappa shape index (κ1) is 16.5. The molecule has 0 aliphatic carbocycles. The van der Waals surface area contributed by atoms with Crippen molar-refractivity contribution in [2.75, 3.05) is 13.7 Å². The summed E-state index contributed by atoms with van der Waals surface area (Å²) >= 11 is 3.55. The average Bonchev–Trinajstić information content (AvgIpc) is 2.41. The van der Waals surface area contributed by atoms with Gasteiger partial charge in [-0.3, -0.25) is 0 Å². The summed E-state index contributed by atoms with van der Waals surface area (Å²) in [6, 6.07) is 6.20. The number of benzene rings is 1. The zero-order valence-corrected chi connectivity index (χ0v) is 13.8. The first-order chi connectivity index (χ1) is 9.27. The van der Waals surface area contributed by atoms with E-state index in [0.717, 1.165) is 29.8 Å². The van der Waals surface area contributed by atoms with E-state index in [1.807, 2.05) is 13.1 Å². The van der Waals surface area contributed by atoms with Crippen molar-refractivity contribution in [1.82, 2.24) is 5.32 Å². The van der Waals surface area contributed by atoms with Crippen LogP contribution in [0, 0.1) is 0 Å². The lowest BCUT2D eigenvalue weighted by atomic mass is 10.1. The molecule has 0 aromatic heterocycles. The molecule has 0 spiro atoms. The number of unbranched alkanes of at least 4 members (excludes halogenated alkanes) is 5. The Bertz CT molecular complexity index is 355. The minimum Gasteiger partial charge on any atom is -0.494 e. The van der Waals surface area contributed by atoms with Gasteiger partial charge in [0.1, 0.15) is 5.75 Å². The molecule has 3 heteroatoms. The van der Waals surface area contributed by atoms with Crippen LogP contribution in [0.3, 0.4) is 0 Å². The lowest BCUT2D eigenvalue weighted by Gasteiger charge is -2.09. The maximum Gasteiger partial charge on any atom is 0.119 e. The monoisotopic (exact) mass is 327 g/mol. The van der Waals surface area contributed by atoms with Gasteiger partial charge in [-0.25, -0.2) is 0 Å². The zero-order valence-electron chi connectivity index (χ0n) is 12.2. The summed E-state index contributed by atoms with van der Waals surface area (Å²) < 4.78 is 6.94. The second-order valence-corrected chi connectivity index (χ2v) is 5.75. The average molecular weight is 328 g/mol. The van der Waals surface area contributed by atoms with Gasteiger partial charge in [-0.2, -0.15) is 0 Å². The van der Waals surface area contributed by atoms with E-state index in [1.165, 1.54) is 37.7 Å². The van der Waals surface area contributed by atoms with Crippen LogP contribution in [0.15, 0.2) is 22.7 Å². The van der Waals surface area contributed by atoms with Crippen molar-refractivity contribution in [3.05, 3.63) is 28.2 Å². The lowest BCUT2D eigenvalue weighted by Crippen LogP contribution is -2.06. The Labute approximate surface area is 126 Å². The van der Waals surface area contributed by atoms with Crippen LogP contribution in [0.1, 0.15) is 51.0 Å². The number of hydrogen-bond acceptors (Lipinski definition) is 2. The highest BCUT2D eigenvalue weighted by Gasteiger charge is 2.01. The SMILES string of the molecule is CCCCCCCCOc1ccc(Br)c(CNC)c1. The van der Waals surface area contributed by atoms with Gasteiger partial charge in [0, 0.05) is 11.0 Å². The highest BCUT2D eigenvalue weighted by molar-refractivity contribution is 9.10. The molecule has 0 bridgehead atoms. The van der Waals surface area contributed by atoms with Gasteiger partial charge in [0.2, 0.25) is 0 Å². The van der Waals surface area contributed by atoms with E-state index in [0.29, 0.717) is 0 Å². The Kier molecular flexibility index (Phi) is 8.93.